The SMILES string of the molecule is COC(=O)c1cccc(C(=O)NCC2CCCO2)n1. The van der Waals surface area contributed by atoms with Crippen LogP contribution < -0.4 is 5.32 Å². The molecule has 102 valence electrons. The fourth-order valence-electron chi connectivity index (χ4n) is 1.88. The Kier molecular flexibility index (Phi) is 4.46. The smallest absolute Gasteiger partial charge is 0.356 e. The molecule has 0 bridgehead atoms. The molecule has 6 nitrogen and oxygen atoms in total. The number of rotatable bonds is 4. The van der Waals surface area contributed by atoms with Gasteiger partial charge in [0.2, 0.25) is 0 Å². The van der Waals surface area contributed by atoms with E-state index in [-0.39, 0.29) is 23.4 Å². The zero-order valence-electron chi connectivity index (χ0n) is 10.7. The van der Waals surface area contributed by atoms with E-state index in [9.17, 15) is 9.59 Å². The Hall–Kier alpha value is -1.95. The van der Waals surface area contributed by atoms with Gasteiger partial charge >= 0.3 is 5.97 Å². The van der Waals surface area contributed by atoms with Crippen molar-refractivity contribution in [1.29, 1.82) is 0 Å². The fraction of sp³-hybridized carbons (Fsp3) is 0.462. The van der Waals surface area contributed by atoms with Crippen LogP contribution in [-0.2, 0) is 9.47 Å². The molecule has 0 saturated carbocycles. The summed E-state index contributed by atoms with van der Waals surface area (Å²) >= 11 is 0. The summed E-state index contributed by atoms with van der Waals surface area (Å²) in [5.74, 6) is -0.880. The minimum Gasteiger partial charge on any atom is -0.464 e. The molecular weight excluding hydrogens is 248 g/mol. The predicted molar refractivity (Wildman–Crippen MR) is 66.9 cm³/mol. The highest BCUT2D eigenvalue weighted by Gasteiger charge is 2.17. The molecule has 1 saturated heterocycles. The standard InChI is InChI=1S/C13H16N2O4/c1-18-13(17)11-6-2-5-10(15-11)12(16)14-8-9-4-3-7-19-9/h2,5-6,9H,3-4,7-8H2,1H3,(H,14,16). The monoisotopic (exact) mass is 264 g/mol. The second-order valence-electron chi connectivity index (χ2n) is 4.24. The van der Waals surface area contributed by atoms with E-state index >= 15 is 0 Å². The molecule has 0 aliphatic carbocycles. The third-order valence-electron chi connectivity index (χ3n) is 2.89. The van der Waals surface area contributed by atoms with Crippen molar-refractivity contribution >= 4 is 11.9 Å². The summed E-state index contributed by atoms with van der Waals surface area (Å²) in [5, 5.41) is 2.75. The Labute approximate surface area is 111 Å². The van der Waals surface area contributed by atoms with E-state index in [1.165, 1.54) is 13.2 Å². The number of esters is 1. The van der Waals surface area contributed by atoms with E-state index in [0.717, 1.165) is 19.4 Å². The Morgan fingerprint density at radius 1 is 1.47 bits per heavy atom. The molecule has 0 spiro atoms. The molecule has 1 aliphatic rings. The van der Waals surface area contributed by atoms with Crippen molar-refractivity contribution in [2.75, 3.05) is 20.3 Å². The molecule has 0 aromatic carbocycles. The van der Waals surface area contributed by atoms with Gasteiger partial charge in [0.05, 0.1) is 13.2 Å². The molecule has 1 unspecified atom stereocenters. The largest absolute Gasteiger partial charge is 0.464 e. The minimum atomic E-state index is -0.561. The van der Waals surface area contributed by atoms with Crippen molar-refractivity contribution in [2.45, 2.75) is 18.9 Å². The highest BCUT2D eigenvalue weighted by Crippen LogP contribution is 2.10. The van der Waals surface area contributed by atoms with Crippen LogP contribution in [0, 0.1) is 0 Å². The number of amides is 1. The van der Waals surface area contributed by atoms with E-state index in [4.69, 9.17) is 4.74 Å². The van der Waals surface area contributed by atoms with Crippen LogP contribution in [0.25, 0.3) is 0 Å². The molecule has 2 rings (SSSR count). The number of aromatic nitrogens is 1. The summed E-state index contributed by atoms with van der Waals surface area (Å²) in [5.41, 5.74) is 0.313. The van der Waals surface area contributed by atoms with Gasteiger partial charge in [-0.15, -0.1) is 0 Å². The van der Waals surface area contributed by atoms with E-state index in [2.05, 4.69) is 15.0 Å². The van der Waals surface area contributed by atoms with Crippen LogP contribution in [0.1, 0.15) is 33.8 Å². The fourth-order valence-corrected chi connectivity index (χ4v) is 1.88. The van der Waals surface area contributed by atoms with Crippen LogP contribution in [0.5, 0.6) is 0 Å². The van der Waals surface area contributed by atoms with Crippen LogP contribution in [0.15, 0.2) is 18.2 Å². The van der Waals surface area contributed by atoms with Gasteiger partial charge in [-0.05, 0) is 25.0 Å². The van der Waals surface area contributed by atoms with Crippen molar-refractivity contribution in [2.24, 2.45) is 0 Å². The van der Waals surface area contributed by atoms with Crippen molar-refractivity contribution in [3.63, 3.8) is 0 Å². The Morgan fingerprint density at radius 3 is 2.95 bits per heavy atom. The minimum absolute atomic E-state index is 0.0766. The van der Waals surface area contributed by atoms with Gasteiger partial charge in [0.15, 0.2) is 0 Å². The molecule has 1 aromatic rings. The maximum absolute atomic E-state index is 11.9. The summed E-state index contributed by atoms with van der Waals surface area (Å²) in [6, 6.07) is 4.65. The molecule has 1 aliphatic heterocycles. The Bertz CT molecular complexity index is 469. The average molecular weight is 264 g/mol. The first-order chi connectivity index (χ1) is 9.20. The molecule has 1 atom stereocenters. The lowest BCUT2D eigenvalue weighted by Gasteiger charge is -2.10. The van der Waals surface area contributed by atoms with Gasteiger partial charge < -0.3 is 14.8 Å². The summed E-state index contributed by atoms with van der Waals surface area (Å²) in [6.07, 6.45) is 2.06. The van der Waals surface area contributed by atoms with Crippen LogP contribution in [0.2, 0.25) is 0 Å². The summed E-state index contributed by atoms with van der Waals surface area (Å²) in [7, 11) is 1.27. The first-order valence-electron chi connectivity index (χ1n) is 6.16. The van der Waals surface area contributed by atoms with Crippen molar-refractivity contribution < 1.29 is 19.1 Å². The van der Waals surface area contributed by atoms with Crippen molar-refractivity contribution in [3.8, 4) is 0 Å². The number of carbonyl (C=O) groups excluding carboxylic acids is 2. The van der Waals surface area contributed by atoms with Crippen LogP contribution >= 0.6 is 0 Å². The molecule has 0 radical (unpaired) electrons. The Morgan fingerprint density at radius 2 is 2.26 bits per heavy atom. The van der Waals surface area contributed by atoms with Crippen LogP contribution in [0.3, 0.4) is 0 Å². The maximum atomic E-state index is 11.9. The predicted octanol–water partition coefficient (Wildman–Crippen LogP) is 0.777. The third-order valence-corrected chi connectivity index (χ3v) is 2.89. The number of ether oxygens (including phenoxy) is 2. The van der Waals surface area contributed by atoms with Gasteiger partial charge in [0, 0.05) is 13.2 Å². The van der Waals surface area contributed by atoms with Crippen molar-refractivity contribution in [1.82, 2.24) is 10.3 Å². The first kappa shape index (κ1) is 13.5. The zero-order chi connectivity index (χ0) is 13.7. The zero-order valence-corrected chi connectivity index (χ0v) is 10.7. The number of nitrogens with one attached hydrogen (secondary N) is 1. The lowest BCUT2D eigenvalue weighted by Crippen LogP contribution is -2.32. The lowest BCUT2D eigenvalue weighted by atomic mass is 10.2. The average Bonchev–Trinajstić information content (AvgIpc) is 2.97. The molecule has 1 aromatic heterocycles. The normalized spacial score (nSPS) is 18.1. The molecule has 1 fully saturated rings. The number of carbonyl (C=O) groups is 2. The molecule has 19 heavy (non-hydrogen) atoms. The quantitative estimate of drug-likeness (QED) is 0.813. The van der Waals surface area contributed by atoms with E-state index in [0.29, 0.717) is 6.54 Å². The number of hydrogen-bond donors (Lipinski definition) is 1. The van der Waals surface area contributed by atoms with E-state index in [1.807, 2.05) is 0 Å². The highest BCUT2D eigenvalue weighted by molar-refractivity contribution is 5.94. The first-order valence-corrected chi connectivity index (χ1v) is 6.16. The lowest BCUT2D eigenvalue weighted by molar-refractivity contribution is 0.0594. The second-order valence-corrected chi connectivity index (χ2v) is 4.24. The number of pyridine rings is 1. The summed E-state index contributed by atoms with van der Waals surface area (Å²) < 4.78 is 9.97. The van der Waals surface area contributed by atoms with Gasteiger partial charge in [-0.3, -0.25) is 4.79 Å². The van der Waals surface area contributed by atoms with Gasteiger partial charge in [0.25, 0.3) is 5.91 Å². The van der Waals surface area contributed by atoms with E-state index < -0.39 is 5.97 Å². The van der Waals surface area contributed by atoms with Crippen LogP contribution in [0.4, 0.5) is 0 Å². The molecule has 1 N–H and O–H groups in total. The van der Waals surface area contributed by atoms with E-state index in [1.54, 1.807) is 12.1 Å². The van der Waals surface area contributed by atoms with Gasteiger partial charge in [-0.1, -0.05) is 6.07 Å². The molecule has 6 heteroatoms. The summed E-state index contributed by atoms with van der Waals surface area (Å²) in [6.45, 7) is 1.21. The van der Waals surface area contributed by atoms with Gasteiger partial charge in [0.1, 0.15) is 11.4 Å². The Balaban J connectivity index is 1.96. The van der Waals surface area contributed by atoms with Gasteiger partial charge in [-0.2, -0.15) is 0 Å². The second kappa shape index (κ2) is 6.29. The highest BCUT2D eigenvalue weighted by atomic mass is 16.5. The van der Waals surface area contributed by atoms with Crippen molar-refractivity contribution in [3.05, 3.63) is 29.6 Å². The topological polar surface area (TPSA) is 77.5 Å². The number of hydrogen-bond acceptors (Lipinski definition) is 5. The molecule has 2 heterocycles. The van der Waals surface area contributed by atoms with Gasteiger partial charge in [-0.25, -0.2) is 9.78 Å². The number of methoxy groups -OCH3 is 1. The maximum Gasteiger partial charge on any atom is 0.356 e. The third kappa shape index (κ3) is 3.51. The molecule has 1 amide bonds. The van der Waals surface area contributed by atoms with Crippen LogP contribution in [-0.4, -0.2) is 43.2 Å². The molecular formula is C13H16N2O4. The summed E-state index contributed by atoms with van der Waals surface area (Å²) in [4.78, 5) is 27.2. The number of nitrogens with zero attached hydrogens (tertiary/aromatic N) is 1.